The van der Waals surface area contributed by atoms with Gasteiger partial charge in [-0.05, 0) is 79.1 Å². The highest BCUT2D eigenvalue weighted by Crippen LogP contribution is 2.45. The van der Waals surface area contributed by atoms with Gasteiger partial charge in [0.25, 0.3) is 0 Å². The topological polar surface area (TPSA) is 13.1 Å². The Morgan fingerprint density at radius 2 is 0.872 bits per heavy atom. The van der Waals surface area contributed by atoms with Crippen LogP contribution in [0.5, 0.6) is 0 Å². The maximum absolute atomic E-state index is 9.56. The maximum Gasteiger partial charge on any atom is 0.135 e. The molecule has 0 saturated carbocycles. The highest BCUT2D eigenvalue weighted by atomic mass is 16.3. The molecular weight excluding hydrogens is 472 g/mol. The highest BCUT2D eigenvalue weighted by molar-refractivity contribution is 6.22. The lowest BCUT2D eigenvalue weighted by Gasteiger charge is -2.18. The zero-order valence-corrected chi connectivity index (χ0v) is 19.5. The minimum Gasteiger partial charge on any atom is -0.456 e. The van der Waals surface area contributed by atoms with Gasteiger partial charge in [0, 0.05) is 10.8 Å². The van der Waals surface area contributed by atoms with Gasteiger partial charge >= 0.3 is 0 Å². The number of hydrogen-bond acceptors (Lipinski definition) is 1. The van der Waals surface area contributed by atoms with Crippen molar-refractivity contribution in [2.24, 2.45) is 0 Å². The normalized spacial score (nSPS) is 19.8. The molecule has 1 heterocycles. The Bertz CT molecular complexity index is 3330. The first-order valence-corrected chi connectivity index (χ1v) is 11.5. The monoisotopic (exact) mass is 519 g/mol. The van der Waals surface area contributed by atoms with Crippen LogP contribution in [0.2, 0.25) is 0 Å². The van der Waals surface area contributed by atoms with Crippen LogP contribution < -0.4 is 0 Å². The van der Waals surface area contributed by atoms with E-state index in [2.05, 4.69) is 0 Å². The van der Waals surface area contributed by atoms with E-state index in [4.69, 9.17) is 26.3 Å². The van der Waals surface area contributed by atoms with Crippen molar-refractivity contribution in [3.05, 3.63) is 145 Å². The molecule has 1 nitrogen and oxygen atoms in total. The fourth-order valence-electron chi connectivity index (χ4n) is 4.58. The Morgan fingerprint density at radius 3 is 1.54 bits per heavy atom. The van der Waals surface area contributed by atoms with Crippen LogP contribution in [-0.4, -0.2) is 0 Å². The van der Waals surface area contributed by atoms with Gasteiger partial charge in [0.15, 0.2) is 0 Å². The van der Waals surface area contributed by atoms with Crippen molar-refractivity contribution < 1.29 is 35.9 Å². The van der Waals surface area contributed by atoms with Gasteiger partial charge in [-0.1, -0.05) is 121 Å². The molecule has 0 aliphatic rings. The van der Waals surface area contributed by atoms with E-state index in [1.54, 1.807) is 0 Å². The number of benzene rings is 7. The number of furan rings is 1. The Balaban J connectivity index is 1.72. The summed E-state index contributed by atoms with van der Waals surface area (Å²) < 4.78 is 208. The van der Waals surface area contributed by atoms with E-state index >= 15 is 0 Å². The number of rotatable bonds is 3. The fourth-order valence-corrected chi connectivity index (χ4v) is 4.58. The molecule has 0 aliphatic heterocycles. The standard InChI is InChI=1S/C38H24O/c1-2-11-25(12-3-1)26-13-10-14-27(23-26)37-30-16-4-6-18-32(30)38(33-19-7-5-17-31(33)37)28-21-22-36-34(24-28)29-15-8-9-20-35(29)39-36/h1-24H/i1D,2D,3D,4D,5D,6D,7D,8D,9D,10D,11D,12D,14D,15D,16D,17D,18D,19D,20D,21D,22D,23D,24D. The summed E-state index contributed by atoms with van der Waals surface area (Å²) in [7, 11) is 0. The van der Waals surface area contributed by atoms with Gasteiger partial charge in [0.1, 0.15) is 11.2 Å². The van der Waals surface area contributed by atoms with Crippen LogP contribution in [0.3, 0.4) is 0 Å². The third-order valence-electron chi connectivity index (χ3n) is 6.20. The van der Waals surface area contributed by atoms with Gasteiger partial charge in [-0.25, -0.2) is 0 Å². The summed E-state index contributed by atoms with van der Waals surface area (Å²) >= 11 is 0. The van der Waals surface area contributed by atoms with Crippen LogP contribution in [0, 0.1) is 0 Å². The van der Waals surface area contributed by atoms with E-state index in [1.165, 1.54) is 0 Å². The largest absolute Gasteiger partial charge is 0.456 e. The molecule has 8 rings (SSSR count). The van der Waals surface area contributed by atoms with Crippen molar-refractivity contribution >= 4 is 43.5 Å². The molecule has 1 heteroatoms. The highest BCUT2D eigenvalue weighted by Gasteiger charge is 2.18. The first-order valence-electron chi connectivity index (χ1n) is 23.0. The molecule has 0 atom stereocenters. The summed E-state index contributed by atoms with van der Waals surface area (Å²) in [6.07, 6.45) is 0. The van der Waals surface area contributed by atoms with E-state index in [0.717, 1.165) is 6.07 Å². The van der Waals surface area contributed by atoms with Crippen molar-refractivity contribution in [3.63, 3.8) is 0 Å². The average Bonchev–Trinajstić information content (AvgIpc) is 3.65. The van der Waals surface area contributed by atoms with Crippen molar-refractivity contribution in [1.29, 1.82) is 0 Å². The van der Waals surface area contributed by atoms with Crippen LogP contribution in [0.4, 0.5) is 0 Å². The molecule has 0 saturated heterocycles. The molecule has 8 aromatic rings. The van der Waals surface area contributed by atoms with Crippen LogP contribution in [-0.2, 0) is 0 Å². The van der Waals surface area contributed by atoms with Gasteiger partial charge in [-0.2, -0.15) is 0 Å². The van der Waals surface area contributed by atoms with E-state index in [9.17, 15) is 9.60 Å². The summed E-state index contributed by atoms with van der Waals surface area (Å²) in [6, 6.07) is -18.2. The quantitative estimate of drug-likeness (QED) is 0.212. The average molecular weight is 520 g/mol. The van der Waals surface area contributed by atoms with Crippen LogP contribution in [0.15, 0.2) is 149 Å². The lowest BCUT2D eigenvalue weighted by Crippen LogP contribution is -1.91. The lowest BCUT2D eigenvalue weighted by molar-refractivity contribution is 0.669. The van der Waals surface area contributed by atoms with Crippen molar-refractivity contribution in [3.8, 4) is 33.4 Å². The summed E-state index contributed by atoms with van der Waals surface area (Å²) in [4.78, 5) is 0. The SMILES string of the molecule is [2H]c1cc(-c2c([2H])c([2H])c([2H])c([2H])c2[2H])c([2H])c(-c2c3c([2H])c([2H])c([2H])c([2H])c3c(-c3c([2H])c([2H])c4oc5c([2H])c([2H])c([2H])c([2H])c5c4c3[2H])c3c([2H])c([2H])c([2H])c([2H])c23)c1[2H]. The first-order chi connectivity index (χ1) is 28.9. The molecule has 0 radical (unpaired) electrons. The Labute approximate surface area is 258 Å². The van der Waals surface area contributed by atoms with Crippen LogP contribution in [0.1, 0.15) is 31.5 Å². The molecule has 0 spiro atoms. The summed E-state index contributed by atoms with van der Waals surface area (Å²) in [5.41, 5.74) is -4.73. The molecule has 0 fully saturated rings. The lowest BCUT2D eigenvalue weighted by atomic mass is 9.85. The molecular formula is C38H24O. The maximum atomic E-state index is 9.56. The van der Waals surface area contributed by atoms with Gasteiger partial charge in [0.05, 0.1) is 31.5 Å². The fraction of sp³-hybridized carbons (Fsp3) is 0. The predicted octanol–water partition coefficient (Wildman–Crippen LogP) is 10.9. The molecule has 7 aromatic carbocycles. The van der Waals surface area contributed by atoms with Crippen molar-refractivity contribution in [2.75, 3.05) is 0 Å². The number of fused-ring (bicyclic) bond motifs is 5. The van der Waals surface area contributed by atoms with Crippen molar-refractivity contribution in [2.45, 2.75) is 0 Å². The number of hydrogen-bond donors (Lipinski definition) is 0. The minimum atomic E-state index is -0.925. The van der Waals surface area contributed by atoms with E-state index in [0.29, 0.717) is 0 Å². The first kappa shape index (κ1) is 8.97. The predicted molar refractivity (Wildman–Crippen MR) is 165 cm³/mol. The second kappa shape index (κ2) is 8.72. The second-order valence-corrected chi connectivity index (χ2v) is 8.34. The second-order valence-electron chi connectivity index (χ2n) is 8.34. The van der Waals surface area contributed by atoms with Gasteiger partial charge < -0.3 is 4.42 Å². The Kier molecular flexibility index (Phi) is 2.00. The van der Waals surface area contributed by atoms with Gasteiger partial charge in [0.2, 0.25) is 0 Å². The molecule has 0 N–H and O–H groups in total. The van der Waals surface area contributed by atoms with E-state index in [-0.39, 0.29) is 5.39 Å². The molecule has 0 bridgehead atoms. The van der Waals surface area contributed by atoms with E-state index < -0.39 is 210 Å². The zero-order chi connectivity index (χ0) is 45.8. The molecule has 1 aromatic heterocycles. The molecule has 0 aliphatic carbocycles. The molecule has 0 amide bonds. The summed E-state index contributed by atoms with van der Waals surface area (Å²) in [6.45, 7) is 0. The van der Waals surface area contributed by atoms with Crippen LogP contribution >= 0.6 is 0 Å². The molecule has 0 unspecified atom stereocenters. The van der Waals surface area contributed by atoms with Gasteiger partial charge in [-0.3, -0.25) is 0 Å². The number of para-hydroxylation sites is 1. The Morgan fingerprint density at radius 1 is 0.359 bits per heavy atom. The minimum absolute atomic E-state index is 0.384. The van der Waals surface area contributed by atoms with Crippen LogP contribution in [0.25, 0.3) is 76.9 Å². The summed E-state index contributed by atoms with van der Waals surface area (Å²) in [5, 5.41) is -3.39. The van der Waals surface area contributed by atoms with Crippen molar-refractivity contribution in [1.82, 2.24) is 0 Å². The molecule has 182 valence electrons. The van der Waals surface area contributed by atoms with Gasteiger partial charge in [-0.15, -0.1) is 0 Å². The smallest absolute Gasteiger partial charge is 0.135 e. The summed E-state index contributed by atoms with van der Waals surface area (Å²) in [5.74, 6) is 0. The molecule has 39 heavy (non-hydrogen) atoms. The van der Waals surface area contributed by atoms with E-state index in [1.807, 2.05) is 0 Å². The zero-order valence-electron chi connectivity index (χ0n) is 42.5. The third kappa shape index (κ3) is 3.48. The Hall–Kier alpha value is -5.14. The third-order valence-corrected chi connectivity index (χ3v) is 6.20.